The molecule has 0 aromatic rings. The quantitative estimate of drug-likeness (QED) is 0.451. The summed E-state index contributed by atoms with van der Waals surface area (Å²) in [4.78, 5) is 0. The second-order valence-corrected chi connectivity index (χ2v) is 6.60. The topological polar surface area (TPSA) is 0 Å². The Hall–Kier alpha value is 0. The van der Waals surface area contributed by atoms with E-state index in [-0.39, 0.29) is 0 Å². The number of hydrogen-bond acceptors (Lipinski definition) is 0. The zero-order chi connectivity index (χ0) is 12.7. The van der Waals surface area contributed by atoms with Crippen LogP contribution in [0.25, 0.3) is 0 Å². The minimum atomic E-state index is 0.922. The second kappa shape index (κ2) is 8.16. The van der Waals surface area contributed by atoms with Crippen LogP contribution >= 0.6 is 0 Å². The van der Waals surface area contributed by atoms with Gasteiger partial charge < -0.3 is 0 Å². The van der Waals surface area contributed by atoms with Crippen LogP contribution in [-0.2, 0) is 0 Å². The Labute approximate surface area is 110 Å². The van der Waals surface area contributed by atoms with Gasteiger partial charge in [-0.05, 0) is 30.1 Å². The van der Waals surface area contributed by atoms with Gasteiger partial charge in [-0.25, -0.2) is 0 Å². The van der Waals surface area contributed by atoms with E-state index in [0.29, 0.717) is 0 Å². The largest absolute Gasteiger partial charge is 0.0651 e. The van der Waals surface area contributed by atoms with Crippen LogP contribution in [0, 0.1) is 23.7 Å². The van der Waals surface area contributed by atoms with E-state index in [4.69, 9.17) is 0 Å². The standard InChI is InChI=1S/C17H34/c1-5-14(3)15(4)9-7-8-10-17-12-11-16(6-2)13-17/h14-17H,5-13H2,1-4H3. The SMILES string of the molecule is CCC1CCC(CCCCC(C)C(C)CC)C1. The van der Waals surface area contributed by atoms with Crippen molar-refractivity contribution >= 4 is 0 Å². The molecule has 0 radical (unpaired) electrons. The minimum absolute atomic E-state index is 0.922. The van der Waals surface area contributed by atoms with Crippen molar-refractivity contribution in [2.45, 2.75) is 85.5 Å². The number of rotatable bonds is 8. The van der Waals surface area contributed by atoms with E-state index in [1.54, 1.807) is 0 Å². The highest BCUT2D eigenvalue weighted by Crippen LogP contribution is 2.36. The van der Waals surface area contributed by atoms with Gasteiger partial charge in [0, 0.05) is 0 Å². The first kappa shape index (κ1) is 15.1. The molecule has 102 valence electrons. The first-order valence-corrected chi connectivity index (χ1v) is 8.17. The van der Waals surface area contributed by atoms with Crippen molar-refractivity contribution in [3.63, 3.8) is 0 Å². The van der Waals surface area contributed by atoms with Crippen LogP contribution in [0.3, 0.4) is 0 Å². The Kier molecular flexibility index (Phi) is 7.23. The van der Waals surface area contributed by atoms with Crippen LogP contribution in [-0.4, -0.2) is 0 Å². The van der Waals surface area contributed by atoms with Gasteiger partial charge in [0.25, 0.3) is 0 Å². The molecule has 0 saturated heterocycles. The van der Waals surface area contributed by atoms with E-state index >= 15 is 0 Å². The molecule has 0 spiro atoms. The summed E-state index contributed by atoms with van der Waals surface area (Å²) in [5, 5.41) is 0. The highest BCUT2D eigenvalue weighted by Gasteiger charge is 2.22. The first-order valence-electron chi connectivity index (χ1n) is 8.17. The highest BCUT2D eigenvalue weighted by atomic mass is 14.3. The van der Waals surface area contributed by atoms with Crippen molar-refractivity contribution in [2.75, 3.05) is 0 Å². The summed E-state index contributed by atoms with van der Waals surface area (Å²) in [5.41, 5.74) is 0. The predicted octanol–water partition coefficient (Wildman–Crippen LogP) is 6.06. The summed E-state index contributed by atoms with van der Waals surface area (Å²) in [6, 6.07) is 0. The average Bonchev–Trinajstić information content (AvgIpc) is 2.81. The minimum Gasteiger partial charge on any atom is -0.0651 e. The van der Waals surface area contributed by atoms with Crippen LogP contribution in [0.4, 0.5) is 0 Å². The summed E-state index contributed by atoms with van der Waals surface area (Å²) in [6.45, 7) is 9.54. The van der Waals surface area contributed by atoms with Gasteiger partial charge in [0.2, 0.25) is 0 Å². The fraction of sp³-hybridized carbons (Fsp3) is 1.00. The highest BCUT2D eigenvalue weighted by molar-refractivity contribution is 4.74. The van der Waals surface area contributed by atoms with Gasteiger partial charge in [0.05, 0.1) is 0 Å². The molecule has 17 heavy (non-hydrogen) atoms. The van der Waals surface area contributed by atoms with Crippen molar-refractivity contribution in [3.05, 3.63) is 0 Å². The molecule has 0 heterocycles. The van der Waals surface area contributed by atoms with Gasteiger partial charge in [-0.3, -0.25) is 0 Å². The average molecular weight is 238 g/mol. The summed E-state index contributed by atoms with van der Waals surface area (Å²) in [7, 11) is 0. The molecule has 0 nitrogen and oxygen atoms in total. The lowest BCUT2D eigenvalue weighted by Gasteiger charge is -2.18. The van der Waals surface area contributed by atoms with E-state index in [9.17, 15) is 0 Å². The molecule has 1 aliphatic rings. The Morgan fingerprint density at radius 1 is 0.941 bits per heavy atom. The van der Waals surface area contributed by atoms with E-state index in [1.165, 1.54) is 57.8 Å². The van der Waals surface area contributed by atoms with Gasteiger partial charge in [-0.1, -0.05) is 79.1 Å². The zero-order valence-electron chi connectivity index (χ0n) is 12.7. The Morgan fingerprint density at radius 2 is 1.65 bits per heavy atom. The summed E-state index contributed by atoms with van der Waals surface area (Å²) >= 11 is 0. The van der Waals surface area contributed by atoms with E-state index in [0.717, 1.165) is 23.7 Å². The first-order chi connectivity index (χ1) is 8.17. The van der Waals surface area contributed by atoms with Crippen LogP contribution in [0.2, 0.25) is 0 Å². The van der Waals surface area contributed by atoms with Crippen molar-refractivity contribution in [1.82, 2.24) is 0 Å². The van der Waals surface area contributed by atoms with Gasteiger partial charge in [-0.15, -0.1) is 0 Å². The Bertz CT molecular complexity index is 184. The molecule has 1 aliphatic carbocycles. The zero-order valence-corrected chi connectivity index (χ0v) is 12.7. The Balaban J connectivity index is 2.01. The fourth-order valence-electron chi connectivity index (χ4n) is 3.40. The van der Waals surface area contributed by atoms with E-state index < -0.39 is 0 Å². The molecule has 0 aromatic heterocycles. The lowest BCUT2D eigenvalue weighted by molar-refractivity contribution is 0.335. The predicted molar refractivity (Wildman–Crippen MR) is 78.2 cm³/mol. The molecule has 1 saturated carbocycles. The molecule has 0 bridgehead atoms. The Morgan fingerprint density at radius 3 is 2.24 bits per heavy atom. The fourth-order valence-corrected chi connectivity index (χ4v) is 3.40. The summed E-state index contributed by atoms with van der Waals surface area (Å²) in [6.07, 6.45) is 13.3. The van der Waals surface area contributed by atoms with E-state index in [1.807, 2.05) is 0 Å². The molecule has 0 amide bonds. The lowest BCUT2D eigenvalue weighted by Crippen LogP contribution is -2.06. The van der Waals surface area contributed by atoms with Gasteiger partial charge in [0.1, 0.15) is 0 Å². The molecule has 1 rings (SSSR count). The molecule has 0 N–H and O–H groups in total. The molecule has 1 fully saturated rings. The lowest BCUT2D eigenvalue weighted by atomic mass is 9.88. The van der Waals surface area contributed by atoms with E-state index in [2.05, 4.69) is 27.7 Å². The van der Waals surface area contributed by atoms with Crippen molar-refractivity contribution in [2.24, 2.45) is 23.7 Å². The third kappa shape index (κ3) is 5.44. The number of unbranched alkanes of at least 4 members (excludes halogenated alkanes) is 1. The smallest absolute Gasteiger partial charge is 0.0412 e. The molecular weight excluding hydrogens is 204 g/mol. The summed E-state index contributed by atoms with van der Waals surface area (Å²) in [5.74, 6) is 4.01. The molecule has 4 unspecified atom stereocenters. The maximum Gasteiger partial charge on any atom is -0.0412 e. The molecule has 4 atom stereocenters. The van der Waals surface area contributed by atoms with Gasteiger partial charge >= 0.3 is 0 Å². The molecule has 0 aromatic carbocycles. The molecule has 0 aliphatic heterocycles. The maximum absolute atomic E-state index is 2.44. The van der Waals surface area contributed by atoms with Crippen molar-refractivity contribution in [1.29, 1.82) is 0 Å². The third-order valence-corrected chi connectivity index (χ3v) is 5.36. The number of hydrogen-bond donors (Lipinski definition) is 0. The van der Waals surface area contributed by atoms with Gasteiger partial charge in [-0.2, -0.15) is 0 Å². The van der Waals surface area contributed by atoms with Crippen LogP contribution in [0.1, 0.15) is 85.5 Å². The molecule has 0 heteroatoms. The van der Waals surface area contributed by atoms with Gasteiger partial charge in [0.15, 0.2) is 0 Å². The monoisotopic (exact) mass is 238 g/mol. The maximum atomic E-state index is 2.44. The van der Waals surface area contributed by atoms with Crippen molar-refractivity contribution in [3.8, 4) is 0 Å². The molecular formula is C17H34. The second-order valence-electron chi connectivity index (χ2n) is 6.60. The normalized spacial score (nSPS) is 28.2. The van der Waals surface area contributed by atoms with Crippen molar-refractivity contribution < 1.29 is 0 Å². The van der Waals surface area contributed by atoms with Crippen LogP contribution in [0.15, 0.2) is 0 Å². The third-order valence-electron chi connectivity index (χ3n) is 5.36. The van der Waals surface area contributed by atoms with Crippen LogP contribution in [0.5, 0.6) is 0 Å². The summed E-state index contributed by atoms with van der Waals surface area (Å²) < 4.78 is 0. The van der Waals surface area contributed by atoms with Crippen LogP contribution < -0.4 is 0 Å².